The van der Waals surface area contributed by atoms with Crippen LogP contribution in [0.3, 0.4) is 0 Å². The van der Waals surface area contributed by atoms with Crippen LogP contribution in [-0.4, -0.2) is 27.5 Å². The van der Waals surface area contributed by atoms with Crippen LogP contribution >= 0.6 is 0 Å². The smallest absolute Gasteiger partial charge is 0.265 e. The normalized spacial score (nSPS) is 12.5. The van der Waals surface area contributed by atoms with Gasteiger partial charge in [0.25, 0.3) is 5.91 Å². The van der Waals surface area contributed by atoms with Gasteiger partial charge in [-0.05, 0) is 59.2 Å². The number of hydrogen-bond acceptors (Lipinski definition) is 6. The van der Waals surface area contributed by atoms with Crippen molar-refractivity contribution >= 4 is 23.2 Å². The SMILES string of the molecule is O=C1COc2ccc(-c3ccnc(Nc4cccc(-c5ccccc5)c4)n3)cc2N1Cc1cccnc1. The van der Waals surface area contributed by atoms with Crippen LogP contribution in [0.4, 0.5) is 17.3 Å². The van der Waals surface area contributed by atoms with Gasteiger partial charge in [0.15, 0.2) is 6.61 Å². The number of fused-ring (bicyclic) bond motifs is 1. The summed E-state index contributed by atoms with van der Waals surface area (Å²) in [7, 11) is 0. The Morgan fingerprint density at radius 1 is 0.838 bits per heavy atom. The minimum absolute atomic E-state index is 0.0101. The summed E-state index contributed by atoms with van der Waals surface area (Å²) in [6.07, 6.45) is 5.21. The molecule has 5 aromatic rings. The van der Waals surface area contributed by atoms with Crippen molar-refractivity contribution in [1.82, 2.24) is 15.0 Å². The number of aromatic nitrogens is 3. The van der Waals surface area contributed by atoms with E-state index in [0.29, 0.717) is 23.9 Å². The summed E-state index contributed by atoms with van der Waals surface area (Å²) in [4.78, 5) is 27.8. The summed E-state index contributed by atoms with van der Waals surface area (Å²) in [5.74, 6) is 1.05. The molecule has 180 valence electrons. The van der Waals surface area contributed by atoms with Gasteiger partial charge in [0.05, 0.1) is 17.9 Å². The van der Waals surface area contributed by atoms with Gasteiger partial charge in [0, 0.05) is 29.8 Å². The van der Waals surface area contributed by atoms with Gasteiger partial charge in [-0.15, -0.1) is 0 Å². The molecule has 0 bridgehead atoms. The number of carbonyl (C=O) groups excluding carboxylic acids is 1. The number of rotatable bonds is 6. The monoisotopic (exact) mass is 485 g/mol. The molecule has 0 saturated heterocycles. The molecule has 0 aliphatic carbocycles. The van der Waals surface area contributed by atoms with Gasteiger partial charge in [-0.25, -0.2) is 9.97 Å². The molecule has 2 aromatic heterocycles. The molecule has 0 spiro atoms. The second-order valence-corrected chi connectivity index (χ2v) is 8.65. The molecular weight excluding hydrogens is 462 g/mol. The number of hydrogen-bond donors (Lipinski definition) is 1. The standard InChI is InChI=1S/C30H23N5O2/c36-29-20-37-28-12-11-24(17-27(28)35(29)19-21-6-5-14-31-18-21)26-13-15-32-30(34-26)33-25-10-4-9-23(16-25)22-7-2-1-3-8-22/h1-18H,19-20H2,(H,32,33,34). The molecule has 0 radical (unpaired) electrons. The first-order chi connectivity index (χ1) is 18.2. The zero-order valence-electron chi connectivity index (χ0n) is 19.9. The molecule has 1 aliphatic heterocycles. The Hall–Kier alpha value is -5.04. The largest absolute Gasteiger partial charge is 0.482 e. The molecule has 6 rings (SSSR count). The quantitative estimate of drug-likeness (QED) is 0.324. The van der Waals surface area contributed by atoms with Gasteiger partial charge in [0.2, 0.25) is 5.95 Å². The number of anilines is 3. The highest BCUT2D eigenvalue weighted by molar-refractivity contribution is 5.98. The van der Waals surface area contributed by atoms with E-state index in [2.05, 4.69) is 39.6 Å². The molecule has 1 N–H and O–H groups in total. The first-order valence-corrected chi connectivity index (χ1v) is 11.9. The number of ether oxygens (including phenoxy) is 1. The summed E-state index contributed by atoms with van der Waals surface area (Å²) < 4.78 is 5.69. The molecule has 0 saturated carbocycles. The Bertz CT molecular complexity index is 1560. The highest BCUT2D eigenvalue weighted by Gasteiger charge is 2.26. The highest BCUT2D eigenvalue weighted by atomic mass is 16.5. The van der Waals surface area contributed by atoms with Crippen LogP contribution in [0.15, 0.2) is 110 Å². The van der Waals surface area contributed by atoms with Crippen LogP contribution in [0.2, 0.25) is 0 Å². The van der Waals surface area contributed by atoms with Gasteiger partial charge >= 0.3 is 0 Å². The van der Waals surface area contributed by atoms with Crippen molar-refractivity contribution in [2.24, 2.45) is 0 Å². The van der Waals surface area contributed by atoms with E-state index in [-0.39, 0.29) is 12.5 Å². The zero-order chi connectivity index (χ0) is 25.0. The van der Waals surface area contributed by atoms with Crippen molar-refractivity contribution in [3.63, 3.8) is 0 Å². The van der Waals surface area contributed by atoms with E-state index < -0.39 is 0 Å². The Labute approximate surface area is 214 Å². The summed E-state index contributed by atoms with van der Waals surface area (Å²) in [6.45, 7) is 0.428. The first-order valence-electron chi connectivity index (χ1n) is 11.9. The molecular formula is C30H23N5O2. The molecule has 37 heavy (non-hydrogen) atoms. The predicted molar refractivity (Wildman–Crippen MR) is 144 cm³/mol. The second kappa shape index (κ2) is 9.91. The Balaban J connectivity index is 1.28. The summed E-state index contributed by atoms with van der Waals surface area (Å²) in [5.41, 5.74) is 6.39. The third-order valence-electron chi connectivity index (χ3n) is 6.14. The van der Waals surface area contributed by atoms with Crippen molar-refractivity contribution in [3.05, 3.63) is 115 Å². The van der Waals surface area contributed by atoms with Crippen molar-refractivity contribution in [2.75, 3.05) is 16.8 Å². The maximum Gasteiger partial charge on any atom is 0.265 e. The van der Waals surface area contributed by atoms with Crippen molar-refractivity contribution in [1.29, 1.82) is 0 Å². The lowest BCUT2D eigenvalue weighted by atomic mass is 10.1. The number of nitrogens with zero attached hydrogens (tertiary/aromatic N) is 4. The van der Waals surface area contributed by atoms with Crippen LogP contribution < -0.4 is 15.0 Å². The fourth-order valence-electron chi connectivity index (χ4n) is 4.32. The maximum atomic E-state index is 12.7. The van der Waals surface area contributed by atoms with E-state index in [1.165, 1.54) is 0 Å². The van der Waals surface area contributed by atoms with Crippen molar-refractivity contribution in [2.45, 2.75) is 6.54 Å². The van der Waals surface area contributed by atoms with Crippen LogP contribution in [0, 0.1) is 0 Å². The van der Waals surface area contributed by atoms with Crippen LogP contribution in [0.25, 0.3) is 22.4 Å². The fourth-order valence-corrected chi connectivity index (χ4v) is 4.32. The lowest BCUT2D eigenvalue weighted by Crippen LogP contribution is -2.38. The van der Waals surface area contributed by atoms with E-state index in [1.807, 2.05) is 66.7 Å². The number of amides is 1. The topological polar surface area (TPSA) is 80.2 Å². The average Bonchev–Trinajstić information content (AvgIpc) is 2.96. The van der Waals surface area contributed by atoms with Gasteiger partial charge < -0.3 is 15.0 Å². The summed E-state index contributed by atoms with van der Waals surface area (Å²) in [6, 6.07) is 29.8. The minimum atomic E-state index is -0.100. The summed E-state index contributed by atoms with van der Waals surface area (Å²) in [5, 5.41) is 3.32. The number of nitrogens with one attached hydrogen (secondary N) is 1. The van der Waals surface area contributed by atoms with Gasteiger partial charge in [0.1, 0.15) is 5.75 Å². The van der Waals surface area contributed by atoms with Crippen molar-refractivity contribution < 1.29 is 9.53 Å². The van der Waals surface area contributed by atoms with Crippen LogP contribution in [0.5, 0.6) is 5.75 Å². The zero-order valence-corrected chi connectivity index (χ0v) is 19.9. The second-order valence-electron chi connectivity index (χ2n) is 8.65. The summed E-state index contributed by atoms with van der Waals surface area (Å²) >= 11 is 0. The van der Waals surface area contributed by atoms with Crippen molar-refractivity contribution in [3.8, 4) is 28.1 Å². The van der Waals surface area contributed by atoms with E-state index in [0.717, 1.165) is 33.6 Å². The number of benzene rings is 3. The van der Waals surface area contributed by atoms with Crippen LogP contribution in [0.1, 0.15) is 5.56 Å². The lowest BCUT2D eigenvalue weighted by molar-refractivity contribution is -0.121. The molecule has 7 nitrogen and oxygen atoms in total. The fraction of sp³-hybridized carbons (Fsp3) is 0.0667. The third-order valence-corrected chi connectivity index (χ3v) is 6.14. The number of carbonyl (C=O) groups is 1. The Kier molecular flexibility index (Phi) is 6.01. The maximum absolute atomic E-state index is 12.7. The third kappa shape index (κ3) is 4.88. The molecule has 3 aromatic carbocycles. The minimum Gasteiger partial charge on any atom is -0.482 e. The average molecular weight is 486 g/mol. The van der Waals surface area contributed by atoms with E-state index in [1.54, 1.807) is 23.5 Å². The van der Waals surface area contributed by atoms with E-state index >= 15 is 0 Å². The van der Waals surface area contributed by atoms with Gasteiger partial charge in [-0.2, -0.15) is 0 Å². The molecule has 0 unspecified atom stereocenters. The first kappa shape index (κ1) is 22.4. The molecule has 1 aliphatic rings. The molecule has 0 fully saturated rings. The van der Waals surface area contributed by atoms with Crippen LogP contribution in [-0.2, 0) is 11.3 Å². The van der Waals surface area contributed by atoms with E-state index in [4.69, 9.17) is 9.72 Å². The van der Waals surface area contributed by atoms with Gasteiger partial charge in [-0.1, -0.05) is 48.5 Å². The molecule has 3 heterocycles. The van der Waals surface area contributed by atoms with E-state index in [9.17, 15) is 4.79 Å². The Morgan fingerprint density at radius 3 is 2.59 bits per heavy atom. The Morgan fingerprint density at radius 2 is 1.73 bits per heavy atom. The molecule has 7 heteroatoms. The van der Waals surface area contributed by atoms with Gasteiger partial charge in [-0.3, -0.25) is 9.78 Å². The molecule has 1 amide bonds. The molecule has 0 atom stereocenters. The lowest BCUT2D eigenvalue weighted by Gasteiger charge is -2.29. The highest BCUT2D eigenvalue weighted by Crippen LogP contribution is 2.36. The predicted octanol–water partition coefficient (Wildman–Crippen LogP) is 5.87. The number of pyridine rings is 1.